The molecule has 2 aliphatic rings. The molecule has 0 spiro atoms. The summed E-state index contributed by atoms with van der Waals surface area (Å²) in [5.74, 6) is 2.08. The summed E-state index contributed by atoms with van der Waals surface area (Å²) in [6.07, 6.45) is 4.05. The first-order valence-electron chi connectivity index (χ1n) is 13.4. The second-order valence-electron chi connectivity index (χ2n) is 10.5. The Balaban J connectivity index is 1.32. The maximum Gasteiger partial charge on any atom is 0.229 e. The molecule has 0 amide bonds. The molecule has 1 atom stereocenters. The lowest BCUT2D eigenvalue weighted by Gasteiger charge is -2.34. The Morgan fingerprint density at radius 2 is 1.89 bits per heavy atom. The second kappa shape index (κ2) is 9.56. The molecule has 38 heavy (non-hydrogen) atoms. The molecule has 1 saturated heterocycles. The third-order valence-electron chi connectivity index (χ3n) is 8.03. The average molecular weight is 514 g/mol. The predicted octanol–water partition coefficient (Wildman–Crippen LogP) is 4.17. The number of nitrogens with one attached hydrogen (secondary N) is 1. The first kappa shape index (κ1) is 24.6. The number of likely N-dealkylation sites (N-methyl/N-ethyl adjacent to an activating group) is 1. The fourth-order valence-electron chi connectivity index (χ4n) is 5.67. The van der Waals surface area contributed by atoms with Crippen LogP contribution in [-0.4, -0.2) is 69.9 Å². The molecule has 1 aliphatic heterocycles. The molecule has 9 nitrogen and oxygen atoms in total. The minimum absolute atomic E-state index is 0.498. The van der Waals surface area contributed by atoms with E-state index in [1.165, 1.54) is 0 Å². The fourth-order valence-corrected chi connectivity index (χ4v) is 5.67. The number of hydrogen-bond acceptors (Lipinski definition) is 8. The highest BCUT2D eigenvalue weighted by atomic mass is 16.5. The topological polar surface area (TPSA) is 91.6 Å². The van der Waals surface area contributed by atoms with Crippen LogP contribution >= 0.6 is 0 Å². The van der Waals surface area contributed by atoms with Gasteiger partial charge >= 0.3 is 0 Å². The van der Waals surface area contributed by atoms with E-state index in [4.69, 9.17) is 14.7 Å². The van der Waals surface area contributed by atoms with Crippen molar-refractivity contribution in [1.29, 1.82) is 0 Å². The number of aliphatic hydroxyl groups is 1. The molecule has 9 heteroatoms. The van der Waals surface area contributed by atoms with Crippen LogP contribution in [0.2, 0.25) is 0 Å². The number of methoxy groups -OCH3 is 1. The first-order chi connectivity index (χ1) is 18.4. The van der Waals surface area contributed by atoms with Crippen molar-refractivity contribution in [3.63, 3.8) is 0 Å². The van der Waals surface area contributed by atoms with Gasteiger partial charge in [-0.15, -0.1) is 0 Å². The maximum atomic E-state index is 11.1. The van der Waals surface area contributed by atoms with Gasteiger partial charge in [-0.25, -0.2) is 9.97 Å². The standard InChI is InChI=1S/C29H35N7O2/c1-5-29(37)11-10-20-6-9-25(32-26(20)29)36-19(2)16-21-18-30-28(33-27(21)36)31-22-7-8-23(24(17-22)38-4)35-14-12-34(3)13-15-35/h6-9,16-18,37H,5,10-15H2,1-4H3,(H,30,31,33)/t29-/m1/s1. The van der Waals surface area contributed by atoms with Crippen LogP contribution in [0.3, 0.4) is 0 Å². The third-order valence-corrected chi connectivity index (χ3v) is 8.03. The number of hydrogen-bond donors (Lipinski definition) is 2. The van der Waals surface area contributed by atoms with Gasteiger partial charge in [-0.2, -0.15) is 4.98 Å². The van der Waals surface area contributed by atoms with Gasteiger partial charge < -0.3 is 25.0 Å². The molecule has 4 aromatic rings. The highest BCUT2D eigenvalue weighted by Gasteiger charge is 2.37. The number of fused-ring (bicyclic) bond motifs is 2. The second-order valence-corrected chi connectivity index (χ2v) is 10.5. The monoisotopic (exact) mass is 513 g/mol. The quantitative estimate of drug-likeness (QED) is 0.397. The summed E-state index contributed by atoms with van der Waals surface area (Å²) in [6, 6.07) is 12.3. The first-order valence-corrected chi connectivity index (χ1v) is 13.4. The van der Waals surface area contributed by atoms with Gasteiger partial charge in [-0.3, -0.25) is 4.57 Å². The minimum Gasteiger partial charge on any atom is -0.495 e. The number of pyridine rings is 1. The van der Waals surface area contributed by atoms with Crippen molar-refractivity contribution in [3.05, 3.63) is 59.5 Å². The highest BCUT2D eigenvalue weighted by Crippen LogP contribution is 2.39. The number of aryl methyl sites for hydroxylation is 2. The fraction of sp³-hybridized carbons (Fsp3) is 0.414. The number of ether oxygens (including phenoxy) is 1. The smallest absolute Gasteiger partial charge is 0.229 e. The van der Waals surface area contributed by atoms with Crippen LogP contribution in [0.25, 0.3) is 16.9 Å². The number of rotatable bonds is 6. The molecule has 4 heterocycles. The summed E-state index contributed by atoms with van der Waals surface area (Å²) < 4.78 is 7.78. The van der Waals surface area contributed by atoms with E-state index in [1.807, 2.05) is 42.8 Å². The molecule has 1 aliphatic carbocycles. The van der Waals surface area contributed by atoms with Crippen molar-refractivity contribution < 1.29 is 9.84 Å². The normalized spacial score (nSPS) is 19.7. The van der Waals surface area contributed by atoms with E-state index in [9.17, 15) is 5.11 Å². The molecular weight excluding hydrogens is 478 g/mol. The zero-order chi connectivity index (χ0) is 26.4. The van der Waals surface area contributed by atoms with Crippen molar-refractivity contribution in [1.82, 2.24) is 24.4 Å². The molecule has 0 radical (unpaired) electrons. The third kappa shape index (κ3) is 4.25. The van der Waals surface area contributed by atoms with E-state index in [0.717, 1.165) is 83.5 Å². The summed E-state index contributed by atoms with van der Waals surface area (Å²) >= 11 is 0. The van der Waals surface area contributed by atoms with E-state index >= 15 is 0 Å². The highest BCUT2D eigenvalue weighted by molar-refractivity contribution is 5.80. The number of piperazine rings is 1. The Hall–Kier alpha value is -3.69. The molecule has 198 valence electrons. The molecule has 0 saturated carbocycles. The van der Waals surface area contributed by atoms with Gasteiger partial charge in [0.1, 0.15) is 17.2 Å². The summed E-state index contributed by atoms with van der Waals surface area (Å²) in [6.45, 7) is 8.07. The molecule has 3 aromatic heterocycles. The van der Waals surface area contributed by atoms with Gasteiger partial charge in [0.2, 0.25) is 5.95 Å². The van der Waals surface area contributed by atoms with Gasteiger partial charge in [0.25, 0.3) is 0 Å². The van der Waals surface area contributed by atoms with Crippen molar-refractivity contribution in [2.75, 3.05) is 50.6 Å². The summed E-state index contributed by atoms with van der Waals surface area (Å²) in [4.78, 5) is 19.1. The largest absolute Gasteiger partial charge is 0.495 e. The van der Waals surface area contributed by atoms with Gasteiger partial charge in [0.05, 0.1) is 18.5 Å². The van der Waals surface area contributed by atoms with Gasteiger partial charge in [0, 0.05) is 55.2 Å². The van der Waals surface area contributed by atoms with Gasteiger partial charge in [0.15, 0.2) is 5.65 Å². The maximum absolute atomic E-state index is 11.1. The number of benzene rings is 1. The van der Waals surface area contributed by atoms with Crippen molar-refractivity contribution >= 4 is 28.4 Å². The van der Waals surface area contributed by atoms with Crippen LogP contribution in [-0.2, 0) is 12.0 Å². The van der Waals surface area contributed by atoms with E-state index in [-0.39, 0.29) is 0 Å². The Morgan fingerprint density at radius 3 is 2.66 bits per heavy atom. The molecule has 2 N–H and O–H groups in total. The number of nitrogens with zero attached hydrogens (tertiary/aromatic N) is 6. The zero-order valence-corrected chi connectivity index (χ0v) is 22.5. The SMILES string of the molecule is CC[C@@]1(O)CCc2ccc(-n3c(C)cc4cnc(Nc5ccc(N6CCN(C)CC6)c(OC)c5)nc43)nc21. The van der Waals surface area contributed by atoms with Crippen LogP contribution in [0.15, 0.2) is 42.6 Å². The molecule has 1 aromatic carbocycles. The van der Waals surface area contributed by atoms with Crippen LogP contribution in [0, 0.1) is 6.92 Å². The van der Waals surface area contributed by atoms with E-state index in [1.54, 1.807) is 7.11 Å². The Morgan fingerprint density at radius 1 is 1.08 bits per heavy atom. The van der Waals surface area contributed by atoms with E-state index in [0.29, 0.717) is 18.8 Å². The minimum atomic E-state index is -0.862. The Bertz CT molecular complexity index is 1490. The van der Waals surface area contributed by atoms with Crippen molar-refractivity contribution in [2.24, 2.45) is 0 Å². The lowest BCUT2D eigenvalue weighted by Crippen LogP contribution is -2.44. The Labute approximate surface area is 223 Å². The van der Waals surface area contributed by atoms with Crippen LogP contribution in [0.4, 0.5) is 17.3 Å². The molecule has 6 rings (SSSR count). The average Bonchev–Trinajstić information content (AvgIpc) is 3.44. The van der Waals surface area contributed by atoms with Crippen LogP contribution in [0.5, 0.6) is 5.75 Å². The predicted molar refractivity (Wildman–Crippen MR) is 150 cm³/mol. The zero-order valence-electron chi connectivity index (χ0n) is 22.5. The van der Waals surface area contributed by atoms with Crippen LogP contribution < -0.4 is 15.0 Å². The van der Waals surface area contributed by atoms with Gasteiger partial charge in [-0.1, -0.05) is 13.0 Å². The van der Waals surface area contributed by atoms with Crippen LogP contribution in [0.1, 0.15) is 36.7 Å². The van der Waals surface area contributed by atoms with E-state index in [2.05, 4.69) is 45.3 Å². The summed E-state index contributed by atoms with van der Waals surface area (Å²) in [7, 11) is 3.86. The number of anilines is 3. The van der Waals surface area contributed by atoms with Gasteiger partial charge in [-0.05, 0) is 63.1 Å². The lowest BCUT2D eigenvalue weighted by molar-refractivity contribution is 0.0306. The molecular formula is C29H35N7O2. The molecule has 0 bridgehead atoms. The van der Waals surface area contributed by atoms with Crippen molar-refractivity contribution in [3.8, 4) is 11.6 Å². The number of aromatic nitrogens is 4. The summed E-state index contributed by atoms with van der Waals surface area (Å²) in [5, 5.41) is 15.4. The summed E-state index contributed by atoms with van der Waals surface area (Å²) in [5.41, 5.74) is 4.79. The molecule has 1 fully saturated rings. The van der Waals surface area contributed by atoms with E-state index < -0.39 is 5.60 Å². The lowest BCUT2D eigenvalue weighted by atomic mass is 9.98. The molecule has 0 unspecified atom stereocenters. The Kier molecular flexibility index (Phi) is 6.20. The van der Waals surface area contributed by atoms with Crippen molar-refractivity contribution in [2.45, 2.75) is 38.7 Å².